The van der Waals surface area contributed by atoms with E-state index in [4.69, 9.17) is 4.98 Å². The molecule has 1 aliphatic carbocycles. The first-order valence-electron chi connectivity index (χ1n) is 14.5. The largest absolute Gasteiger partial charge is 0.402 e. The molecule has 4 rings (SSSR count). The highest BCUT2D eigenvalue weighted by atomic mass is 32.1. The molecule has 0 saturated heterocycles. The van der Waals surface area contributed by atoms with E-state index in [0.29, 0.717) is 12.1 Å². The Morgan fingerprint density at radius 2 is 1.95 bits per heavy atom. The van der Waals surface area contributed by atoms with Gasteiger partial charge in [0.15, 0.2) is 5.13 Å². The molecule has 1 aliphatic rings. The molecule has 217 valence electrons. The molecule has 0 spiro atoms. The Morgan fingerprint density at radius 3 is 2.55 bits per heavy atom. The van der Waals surface area contributed by atoms with Gasteiger partial charge in [-0.1, -0.05) is 83.5 Å². The van der Waals surface area contributed by atoms with Crippen LogP contribution in [0.1, 0.15) is 81.6 Å². The highest BCUT2D eigenvalue weighted by Crippen LogP contribution is 2.33. The molecule has 2 N–H and O–H groups in total. The number of anilines is 1. The summed E-state index contributed by atoms with van der Waals surface area (Å²) in [5.74, 6) is 0.886. The van der Waals surface area contributed by atoms with E-state index in [9.17, 15) is 4.79 Å². The highest BCUT2D eigenvalue weighted by Gasteiger charge is 2.20. The van der Waals surface area contributed by atoms with Gasteiger partial charge in [0.25, 0.3) is 5.91 Å². The molecule has 1 aromatic carbocycles. The van der Waals surface area contributed by atoms with Crippen LogP contribution in [-0.2, 0) is 4.74 Å². The molecule has 2 heterocycles. The van der Waals surface area contributed by atoms with Crippen molar-refractivity contribution in [2.75, 3.05) is 26.1 Å². The first-order chi connectivity index (χ1) is 19.3. The van der Waals surface area contributed by atoms with E-state index in [1.165, 1.54) is 43.2 Å². The number of nitrogens with one attached hydrogen (secondary N) is 2. The number of carbonyl (C=O) groups is 1. The van der Waals surface area contributed by atoms with E-state index in [2.05, 4.69) is 66.6 Å². The lowest BCUT2D eigenvalue weighted by Crippen LogP contribution is -2.27. The molecule has 40 heavy (non-hydrogen) atoms. The van der Waals surface area contributed by atoms with Crippen LogP contribution in [0.3, 0.4) is 0 Å². The molecular formula is C32H48BN4O2S. The molecule has 1 unspecified atom stereocenters. The zero-order chi connectivity index (χ0) is 29.3. The predicted molar refractivity (Wildman–Crippen MR) is 172 cm³/mol. The van der Waals surface area contributed by atoms with Crippen molar-refractivity contribution < 1.29 is 9.53 Å². The number of nitrogens with zero attached hydrogens (tertiary/aromatic N) is 2. The third-order valence-electron chi connectivity index (χ3n) is 6.70. The molecule has 2 aromatic heterocycles. The minimum atomic E-state index is -0.0688. The van der Waals surface area contributed by atoms with Crippen LogP contribution < -0.4 is 10.6 Å². The number of amides is 1. The second kappa shape index (κ2) is 18.5. The maximum absolute atomic E-state index is 12.4. The quantitative estimate of drug-likeness (QED) is 0.172. The van der Waals surface area contributed by atoms with Crippen LogP contribution in [0.25, 0.3) is 11.3 Å². The van der Waals surface area contributed by atoms with Crippen LogP contribution in [0.15, 0.2) is 59.4 Å². The van der Waals surface area contributed by atoms with Crippen LogP contribution in [-0.4, -0.2) is 43.5 Å². The Balaban J connectivity index is 0.000000396. The average molecular weight is 564 g/mol. The summed E-state index contributed by atoms with van der Waals surface area (Å²) in [5, 5.41) is 9.36. The zero-order valence-corrected chi connectivity index (χ0v) is 26.4. The Morgan fingerprint density at radius 1 is 1.20 bits per heavy atom. The SMILES string of the molecule is CCCCCC(C)CC.COC.C[B]n1ccc(C(=O)NCC(Nc2nc(-c3cccc(C)c3)cs2)=C2CC2)c1. The maximum Gasteiger partial charge on any atom is 0.253 e. The Bertz CT molecular complexity index is 1180. The van der Waals surface area contributed by atoms with Gasteiger partial charge in [0.1, 0.15) is 0 Å². The van der Waals surface area contributed by atoms with Crippen LogP contribution in [0.5, 0.6) is 0 Å². The number of aryl methyl sites for hydroxylation is 1. The van der Waals surface area contributed by atoms with Gasteiger partial charge < -0.3 is 19.8 Å². The summed E-state index contributed by atoms with van der Waals surface area (Å²) < 4.78 is 6.12. The van der Waals surface area contributed by atoms with Gasteiger partial charge in [0.05, 0.1) is 17.8 Å². The normalized spacial score (nSPS) is 12.3. The van der Waals surface area contributed by atoms with Gasteiger partial charge in [-0.15, -0.1) is 11.3 Å². The van der Waals surface area contributed by atoms with Gasteiger partial charge in [-0.05, 0) is 49.6 Å². The number of carbonyl (C=O) groups excluding carboxylic acids is 1. The number of rotatable bonds is 12. The van der Waals surface area contributed by atoms with Gasteiger partial charge in [-0.25, -0.2) is 4.98 Å². The third-order valence-corrected chi connectivity index (χ3v) is 7.46. The van der Waals surface area contributed by atoms with E-state index in [-0.39, 0.29) is 5.91 Å². The van der Waals surface area contributed by atoms with Crippen molar-refractivity contribution in [3.63, 3.8) is 0 Å². The predicted octanol–water partition coefficient (Wildman–Crippen LogP) is 8.20. The van der Waals surface area contributed by atoms with Crippen LogP contribution in [0.4, 0.5) is 5.13 Å². The van der Waals surface area contributed by atoms with Gasteiger partial charge in [0.2, 0.25) is 7.41 Å². The topological polar surface area (TPSA) is 68.2 Å². The van der Waals surface area contributed by atoms with E-state index in [1.807, 2.05) is 43.2 Å². The standard InChI is InChI=1S/C21H22BN4OS.C9H20.C2H6O/c1-14-4-3-5-16(10-14)19-13-28-21(25-19)24-18(15-6-7-15)11-23-20(27)17-8-9-26(12-17)22-2;1-4-6-7-8-9(3)5-2;1-3-2/h3-5,8-10,12-13H,6-7,11H2,1-2H3,(H,23,27)(H,24,25);9H,4-8H2,1-3H3;1-2H3. The van der Waals surface area contributed by atoms with E-state index in [1.54, 1.807) is 25.6 Å². The highest BCUT2D eigenvalue weighted by molar-refractivity contribution is 7.14. The van der Waals surface area contributed by atoms with E-state index >= 15 is 0 Å². The number of ether oxygens (including phenoxy) is 1. The Hall–Kier alpha value is -2.84. The smallest absolute Gasteiger partial charge is 0.253 e. The molecule has 8 heteroatoms. The number of benzene rings is 1. The minimum absolute atomic E-state index is 0.0688. The molecule has 1 amide bonds. The molecule has 0 bridgehead atoms. The number of hydrogen-bond donors (Lipinski definition) is 2. The first-order valence-corrected chi connectivity index (χ1v) is 15.4. The summed E-state index contributed by atoms with van der Waals surface area (Å²) in [6.45, 7) is 11.4. The minimum Gasteiger partial charge on any atom is -0.402 e. The third kappa shape index (κ3) is 12.1. The molecule has 6 nitrogen and oxygen atoms in total. The summed E-state index contributed by atoms with van der Waals surface area (Å²) >= 11 is 1.58. The van der Waals surface area contributed by atoms with Gasteiger partial charge in [-0.2, -0.15) is 0 Å². The number of allylic oxidation sites excluding steroid dienone is 1. The lowest BCUT2D eigenvalue weighted by atomic mass is 10.0. The summed E-state index contributed by atoms with van der Waals surface area (Å²) in [4.78, 5) is 17.1. The molecule has 1 atom stereocenters. The van der Waals surface area contributed by atoms with Crippen molar-refractivity contribution in [3.8, 4) is 11.3 Å². The van der Waals surface area contributed by atoms with Crippen LogP contribution in [0, 0.1) is 12.8 Å². The number of hydrogen-bond acceptors (Lipinski definition) is 5. The van der Waals surface area contributed by atoms with Crippen molar-refractivity contribution in [1.82, 2.24) is 14.8 Å². The Kier molecular flexibility index (Phi) is 15.4. The van der Waals surface area contributed by atoms with Gasteiger partial charge in [0, 0.05) is 37.1 Å². The van der Waals surface area contributed by atoms with Crippen molar-refractivity contribution >= 4 is 29.8 Å². The monoisotopic (exact) mass is 563 g/mol. The lowest BCUT2D eigenvalue weighted by molar-refractivity contribution is 0.0957. The molecule has 1 radical (unpaired) electrons. The van der Waals surface area contributed by atoms with Crippen molar-refractivity contribution in [2.45, 2.75) is 79.5 Å². The fraction of sp³-hybridized carbons (Fsp3) is 0.500. The molecule has 0 aliphatic heterocycles. The fourth-order valence-electron chi connectivity index (χ4n) is 3.94. The zero-order valence-electron chi connectivity index (χ0n) is 25.5. The number of methoxy groups -OCH3 is 1. The average Bonchev–Trinajstić information content (AvgIpc) is 3.49. The van der Waals surface area contributed by atoms with E-state index < -0.39 is 0 Å². The van der Waals surface area contributed by atoms with Crippen LogP contribution >= 0.6 is 11.3 Å². The summed E-state index contributed by atoms with van der Waals surface area (Å²) in [6, 6.07) is 10.2. The molecular weight excluding hydrogens is 515 g/mol. The number of unbranched alkanes of at least 4 members (excludes halogenated alkanes) is 2. The molecule has 1 saturated carbocycles. The second-order valence-corrected chi connectivity index (χ2v) is 11.2. The molecule has 1 fully saturated rings. The number of thiazole rings is 1. The van der Waals surface area contributed by atoms with Crippen LogP contribution in [0.2, 0.25) is 6.82 Å². The second-order valence-electron chi connectivity index (χ2n) is 10.3. The Labute approximate surface area is 246 Å². The van der Waals surface area contributed by atoms with Crippen molar-refractivity contribution in [2.24, 2.45) is 5.92 Å². The summed E-state index contributed by atoms with van der Waals surface area (Å²) in [6.07, 6.45) is 12.8. The number of aromatic nitrogens is 2. The molecule has 3 aromatic rings. The van der Waals surface area contributed by atoms with Gasteiger partial charge in [-0.3, -0.25) is 4.79 Å². The maximum atomic E-state index is 12.4. The lowest BCUT2D eigenvalue weighted by Gasteiger charge is -2.10. The van der Waals surface area contributed by atoms with Crippen molar-refractivity contribution in [1.29, 1.82) is 0 Å². The summed E-state index contributed by atoms with van der Waals surface area (Å²) in [7, 11) is 5.16. The summed E-state index contributed by atoms with van der Waals surface area (Å²) in [5.41, 5.74) is 6.38. The first kappa shape index (κ1) is 33.4. The van der Waals surface area contributed by atoms with E-state index in [0.717, 1.165) is 40.8 Å². The van der Waals surface area contributed by atoms with Gasteiger partial charge >= 0.3 is 0 Å². The fourth-order valence-corrected chi connectivity index (χ4v) is 4.69. The van der Waals surface area contributed by atoms with Crippen molar-refractivity contribution in [3.05, 3.63) is 70.5 Å².